The summed E-state index contributed by atoms with van der Waals surface area (Å²) in [5.74, 6) is -1.51. The Morgan fingerprint density at radius 1 is 1.29 bits per heavy atom. The second kappa shape index (κ2) is 8.83. The van der Waals surface area contributed by atoms with Crippen molar-refractivity contribution in [1.82, 2.24) is 0 Å². The van der Waals surface area contributed by atoms with E-state index in [1.807, 2.05) is 6.07 Å². The van der Waals surface area contributed by atoms with Gasteiger partial charge in [-0.25, -0.2) is 4.79 Å². The number of ether oxygens (including phenoxy) is 1. The molecule has 0 radical (unpaired) electrons. The second-order valence-electron chi connectivity index (χ2n) is 5.58. The lowest BCUT2D eigenvalue weighted by atomic mass is 10.1. The van der Waals surface area contributed by atoms with Gasteiger partial charge in [0.15, 0.2) is 6.10 Å². The van der Waals surface area contributed by atoms with Crippen molar-refractivity contribution in [3.8, 4) is 6.07 Å². The van der Waals surface area contributed by atoms with E-state index in [0.29, 0.717) is 5.69 Å². The van der Waals surface area contributed by atoms with Gasteiger partial charge in [-0.1, -0.05) is 11.6 Å². The van der Waals surface area contributed by atoms with Crippen molar-refractivity contribution in [3.05, 3.63) is 62.7 Å². The molecule has 0 heterocycles. The molecule has 2 N–H and O–H groups in total. The summed E-state index contributed by atoms with van der Waals surface area (Å²) < 4.78 is 5.07. The number of benzene rings is 2. The van der Waals surface area contributed by atoms with Crippen LogP contribution in [0.5, 0.6) is 0 Å². The molecule has 0 aliphatic rings. The molecule has 2 aromatic rings. The van der Waals surface area contributed by atoms with Gasteiger partial charge < -0.3 is 15.4 Å². The second-order valence-corrected chi connectivity index (χ2v) is 5.99. The average molecular weight is 403 g/mol. The zero-order valence-electron chi connectivity index (χ0n) is 14.9. The first-order valence-electron chi connectivity index (χ1n) is 7.94. The maximum atomic E-state index is 12.2. The van der Waals surface area contributed by atoms with Crippen LogP contribution in [0.2, 0.25) is 5.02 Å². The lowest BCUT2D eigenvalue weighted by Gasteiger charge is -2.14. The van der Waals surface area contributed by atoms with E-state index in [1.54, 1.807) is 0 Å². The number of carbonyl (C=O) groups excluding carboxylic acids is 2. The molecule has 0 aliphatic carbocycles. The number of nitro benzene ring substituents is 1. The fraction of sp³-hybridized carbons (Fsp3) is 0.167. The summed E-state index contributed by atoms with van der Waals surface area (Å²) in [5, 5.41) is 25.3. The van der Waals surface area contributed by atoms with Crippen molar-refractivity contribution in [3.63, 3.8) is 0 Å². The van der Waals surface area contributed by atoms with E-state index >= 15 is 0 Å². The Bertz CT molecular complexity index is 986. The number of nitrogens with zero attached hydrogens (tertiary/aromatic N) is 2. The van der Waals surface area contributed by atoms with Crippen LogP contribution in [0.4, 0.5) is 17.1 Å². The van der Waals surface area contributed by atoms with E-state index in [4.69, 9.17) is 21.6 Å². The van der Waals surface area contributed by atoms with Crippen LogP contribution in [-0.2, 0) is 9.53 Å². The highest BCUT2D eigenvalue weighted by Crippen LogP contribution is 2.25. The molecule has 0 saturated carbocycles. The molecule has 0 bridgehead atoms. The summed E-state index contributed by atoms with van der Waals surface area (Å²) in [5.41, 5.74) is 0.467. The molecule has 0 aromatic heterocycles. The molecule has 9 nitrogen and oxygen atoms in total. The van der Waals surface area contributed by atoms with Gasteiger partial charge >= 0.3 is 5.97 Å². The first-order valence-corrected chi connectivity index (χ1v) is 8.32. The number of hydrogen-bond acceptors (Lipinski definition) is 7. The highest BCUT2D eigenvalue weighted by Gasteiger charge is 2.22. The van der Waals surface area contributed by atoms with Crippen molar-refractivity contribution in [2.24, 2.45) is 0 Å². The summed E-state index contributed by atoms with van der Waals surface area (Å²) >= 11 is 5.90. The van der Waals surface area contributed by atoms with E-state index in [0.717, 1.165) is 6.07 Å². The van der Waals surface area contributed by atoms with E-state index in [9.17, 15) is 19.7 Å². The highest BCUT2D eigenvalue weighted by atomic mass is 35.5. The largest absolute Gasteiger partial charge is 0.449 e. The van der Waals surface area contributed by atoms with Crippen molar-refractivity contribution < 1.29 is 19.2 Å². The summed E-state index contributed by atoms with van der Waals surface area (Å²) in [4.78, 5) is 34.9. The number of nitrogens with one attached hydrogen (secondary N) is 2. The van der Waals surface area contributed by atoms with Crippen molar-refractivity contribution >= 4 is 40.5 Å². The summed E-state index contributed by atoms with van der Waals surface area (Å²) in [6.45, 7) is 1.36. The number of amides is 1. The van der Waals surface area contributed by atoms with Gasteiger partial charge in [0.25, 0.3) is 11.6 Å². The Morgan fingerprint density at radius 2 is 2.00 bits per heavy atom. The molecule has 28 heavy (non-hydrogen) atoms. The quantitative estimate of drug-likeness (QED) is 0.429. The number of hydrogen-bond donors (Lipinski definition) is 2. The normalized spacial score (nSPS) is 11.1. The molecule has 1 amide bonds. The minimum Gasteiger partial charge on any atom is -0.449 e. The zero-order chi connectivity index (χ0) is 20.8. The molecule has 1 atom stereocenters. The highest BCUT2D eigenvalue weighted by molar-refractivity contribution is 6.32. The third-order valence-corrected chi connectivity index (χ3v) is 4.02. The molecule has 0 aliphatic heterocycles. The molecular weight excluding hydrogens is 388 g/mol. The zero-order valence-corrected chi connectivity index (χ0v) is 15.6. The van der Waals surface area contributed by atoms with Gasteiger partial charge in [0.2, 0.25) is 0 Å². The molecule has 0 saturated heterocycles. The fourth-order valence-electron chi connectivity index (χ4n) is 2.23. The Morgan fingerprint density at radius 3 is 2.57 bits per heavy atom. The van der Waals surface area contributed by atoms with E-state index < -0.39 is 22.9 Å². The van der Waals surface area contributed by atoms with Crippen molar-refractivity contribution in [2.75, 3.05) is 17.7 Å². The van der Waals surface area contributed by atoms with Crippen molar-refractivity contribution in [1.29, 1.82) is 5.26 Å². The first kappa shape index (κ1) is 20.7. The third-order valence-electron chi connectivity index (χ3n) is 3.71. The Kier molecular flexibility index (Phi) is 6.52. The van der Waals surface area contributed by atoms with Gasteiger partial charge in [-0.15, -0.1) is 0 Å². The predicted molar refractivity (Wildman–Crippen MR) is 102 cm³/mol. The van der Waals surface area contributed by atoms with Crippen LogP contribution in [-0.4, -0.2) is 30.0 Å². The molecule has 144 valence electrons. The van der Waals surface area contributed by atoms with E-state index in [1.165, 1.54) is 44.3 Å². The first-order chi connectivity index (χ1) is 13.3. The summed E-state index contributed by atoms with van der Waals surface area (Å²) in [6.07, 6.45) is -1.18. The summed E-state index contributed by atoms with van der Waals surface area (Å²) in [7, 11) is 1.52. The molecule has 2 aromatic carbocycles. The number of nitriles is 1. The lowest BCUT2D eigenvalue weighted by molar-refractivity contribution is -0.384. The standard InChI is InChI=1S/C18H15ClN4O5/c1-10(17(24)22-13-5-3-12(9-20)14(19)8-13)28-18(25)11-4-6-15(21-2)16(7-11)23(26)27/h3-8,10,21H,1-2H3,(H,22,24)/t10-/m1/s1. The van der Waals surface area contributed by atoms with Gasteiger partial charge in [0, 0.05) is 18.8 Å². The third kappa shape index (κ3) is 4.75. The number of carbonyl (C=O) groups is 2. The smallest absolute Gasteiger partial charge is 0.339 e. The van der Waals surface area contributed by atoms with Gasteiger partial charge in [0.1, 0.15) is 11.8 Å². The minimum absolute atomic E-state index is 0.0632. The Labute approximate surface area is 165 Å². The van der Waals surface area contributed by atoms with Gasteiger partial charge in [0.05, 0.1) is 21.1 Å². The molecule has 10 heteroatoms. The average Bonchev–Trinajstić information content (AvgIpc) is 2.67. The molecule has 2 rings (SSSR count). The maximum absolute atomic E-state index is 12.2. The predicted octanol–water partition coefficient (Wildman–Crippen LogP) is 3.35. The summed E-state index contributed by atoms with van der Waals surface area (Å²) in [6, 6.07) is 10.0. The number of rotatable bonds is 6. The number of nitro groups is 1. The number of esters is 1. The van der Waals surface area contributed by atoms with Crippen LogP contribution in [0, 0.1) is 21.4 Å². The van der Waals surface area contributed by atoms with Crippen molar-refractivity contribution in [2.45, 2.75) is 13.0 Å². The monoisotopic (exact) mass is 402 g/mol. The van der Waals surface area contributed by atoms with Gasteiger partial charge in [-0.3, -0.25) is 14.9 Å². The minimum atomic E-state index is -1.18. The number of anilines is 2. The van der Waals surface area contributed by atoms with Gasteiger partial charge in [-0.05, 0) is 37.3 Å². The SMILES string of the molecule is CNc1ccc(C(=O)O[C@H](C)C(=O)Nc2ccc(C#N)c(Cl)c2)cc1[N+](=O)[O-]. The van der Waals surface area contributed by atoms with Crippen LogP contribution in [0.25, 0.3) is 0 Å². The van der Waals surface area contributed by atoms with Crippen LogP contribution >= 0.6 is 11.6 Å². The Balaban J connectivity index is 2.08. The van der Waals surface area contributed by atoms with Crippen LogP contribution < -0.4 is 10.6 Å². The molecule has 0 spiro atoms. The lowest BCUT2D eigenvalue weighted by Crippen LogP contribution is -2.30. The topological polar surface area (TPSA) is 134 Å². The van der Waals surface area contributed by atoms with Crippen LogP contribution in [0.3, 0.4) is 0 Å². The molecule has 0 fully saturated rings. The Hall–Kier alpha value is -3.64. The maximum Gasteiger partial charge on any atom is 0.339 e. The van der Waals surface area contributed by atoms with Gasteiger partial charge in [-0.2, -0.15) is 5.26 Å². The fourth-order valence-corrected chi connectivity index (χ4v) is 2.45. The molecular formula is C18H15ClN4O5. The molecule has 0 unspecified atom stereocenters. The van der Waals surface area contributed by atoms with Crippen LogP contribution in [0.15, 0.2) is 36.4 Å². The van der Waals surface area contributed by atoms with E-state index in [2.05, 4.69) is 10.6 Å². The van der Waals surface area contributed by atoms with Crippen LogP contribution in [0.1, 0.15) is 22.8 Å². The van der Waals surface area contributed by atoms with E-state index in [-0.39, 0.29) is 27.5 Å². The number of halogens is 1.